The van der Waals surface area contributed by atoms with E-state index in [2.05, 4.69) is 9.88 Å². The summed E-state index contributed by atoms with van der Waals surface area (Å²) in [7, 11) is 0. The van der Waals surface area contributed by atoms with Crippen molar-refractivity contribution in [3.63, 3.8) is 0 Å². The van der Waals surface area contributed by atoms with E-state index in [4.69, 9.17) is 4.74 Å². The zero-order valence-corrected chi connectivity index (χ0v) is 12.4. The van der Waals surface area contributed by atoms with Gasteiger partial charge in [-0.15, -0.1) is 0 Å². The molecule has 1 aliphatic rings. The van der Waals surface area contributed by atoms with E-state index in [1.54, 1.807) is 12.4 Å². The first-order valence-electron chi connectivity index (χ1n) is 7.43. The second-order valence-electron chi connectivity index (χ2n) is 5.17. The molecular weight excluding hydrogens is 278 g/mol. The Morgan fingerprint density at radius 2 is 1.68 bits per heavy atom. The van der Waals surface area contributed by atoms with Gasteiger partial charge in [0.2, 0.25) is 0 Å². The number of pyridine rings is 1. The van der Waals surface area contributed by atoms with Crippen LogP contribution in [0.5, 0.6) is 5.75 Å². The Morgan fingerprint density at radius 3 is 2.36 bits per heavy atom. The number of nitrogens with zero attached hydrogens (tertiary/aromatic N) is 3. The fourth-order valence-electron chi connectivity index (χ4n) is 2.52. The minimum atomic E-state index is 0.0400. The van der Waals surface area contributed by atoms with Crippen molar-refractivity contribution in [3.05, 3.63) is 54.9 Å². The molecule has 0 unspecified atom stereocenters. The summed E-state index contributed by atoms with van der Waals surface area (Å²) in [4.78, 5) is 20.3. The molecule has 0 spiro atoms. The van der Waals surface area contributed by atoms with Crippen LogP contribution in [-0.2, 0) is 4.79 Å². The molecule has 1 aromatic heterocycles. The number of anilines is 1. The summed E-state index contributed by atoms with van der Waals surface area (Å²) in [6.45, 7) is 3.21. The molecule has 114 valence electrons. The number of hydrogen-bond donors (Lipinski definition) is 0. The van der Waals surface area contributed by atoms with Crippen molar-refractivity contribution < 1.29 is 9.53 Å². The van der Waals surface area contributed by atoms with E-state index < -0.39 is 0 Å². The van der Waals surface area contributed by atoms with Gasteiger partial charge in [-0.25, -0.2) is 0 Å². The second-order valence-corrected chi connectivity index (χ2v) is 5.17. The van der Waals surface area contributed by atoms with Gasteiger partial charge in [0, 0.05) is 44.3 Å². The Labute approximate surface area is 130 Å². The van der Waals surface area contributed by atoms with Crippen molar-refractivity contribution in [2.75, 3.05) is 37.7 Å². The maximum absolute atomic E-state index is 12.2. The van der Waals surface area contributed by atoms with Gasteiger partial charge in [0.05, 0.1) is 0 Å². The molecule has 0 N–H and O–H groups in total. The number of carbonyl (C=O) groups is 1. The molecule has 1 fully saturated rings. The lowest BCUT2D eigenvalue weighted by atomic mass is 10.2. The van der Waals surface area contributed by atoms with Gasteiger partial charge < -0.3 is 14.5 Å². The summed E-state index contributed by atoms with van der Waals surface area (Å²) < 4.78 is 5.52. The van der Waals surface area contributed by atoms with E-state index in [1.807, 2.05) is 47.4 Å². The molecule has 2 heterocycles. The highest BCUT2D eigenvalue weighted by Gasteiger charge is 2.21. The van der Waals surface area contributed by atoms with Gasteiger partial charge in [0.25, 0.3) is 5.91 Å². The van der Waals surface area contributed by atoms with Gasteiger partial charge in [0.1, 0.15) is 5.75 Å². The monoisotopic (exact) mass is 297 g/mol. The van der Waals surface area contributed by atoms with Crippen LogP contribution in [0.3, 0.4) is 0 Å². The number of rotatable bonds is 4. The van der Waals surface area contributed by atoms with E-state index >= 15 is 0 Å². The van der Waals surface area contributed by atoms with Crippen LogP contribution in [0.25, 0.3) is 0 Å². The Bertz CT molecular complexity index is 596. The van der Waals surface area contributed by atoms with Crippen LogP contribution in [-0.4, -0.2) is 48.6 Å². The molecule has 3 rings (SSSR count). The van der Waals surface area contributed by atoms with Crippen molar-refractivity contribution in [3.8, 4) is 5.75 Å². The van der Waals surface area contributed by atoms with Crippen LogP contribution in [0.4, 0.5) is 5.69 Å². The fraction of sp³-hybridized carbons (Fsp3) is 0.294. The Kier molecular flexibility index (Phi) is 4.53. The van der Waals surface area contributed by atoms with Crippen LogP contribution >= 0.6 is 0 Å². The Hall–Kier alpha value is -2.56. The topological polar surface area (TPSA) is 45.7 Å². The number of para-hydroxylation sites is 1. The zero-order chi connectivity index (χ0) is 15.2. The minimum Gasteiger partial charge on any atom is -0.484 e. The van der Waals surface area contributed by atoms with Crippen molar-refractivity contribution in [2.45, 2.75) is 0 Å². The van der Waals surface area contributed by atoms with Crippen molar-refractivity contribution in [1.29, 1.82) is 0 Å². The average Bonchev–Trinajstić information content (AvgIpc) is 2.61. The van der Waals surface area contributed by atoms with Gasteiger partial charge in [0.15, 0.2) is 6.61 Å². The SMILES string of the molecule is O=C(COc1ccccc1)N1CCN(c2ccncc2)CC1. The van der Waals surface area contributed by atoms with E-state index in [0.29, 0.717) is 0 Å². The number of piperazine rings is 1. The predicted molar refractivity (Wildman–Crippen MR) is 85.0 cm³/mol. The number of hydrogen-bond acceptors (Lipinski definition) is 4. The summed E-state index contributed by atoms with van der Waals surface area (Å²) in [5, 5.41) is 0. The van der Waals surface area contributed by atoms with E-state index in [1.165, 1.54) is 0 Å². The maximum Gasteiger partial charge on any atom is 0.260 e. The van der Waals surface area contributed by atoms with Crippen LogP contribution in [0.15, 0.2) is 54.9 Å². The molecule has 0 radical (unpaired) electrons. The zero-order valence-electron chi connectivity index (χ0n) is 12.4. The summed E-state index contributed by atoms with van der Waals surface area (Å²) in [6.07, 6.45) is 3.58. The first-order valence-corrected chi connectivity index (χ1v) is 7.43. The molecule has 2 aromatic rings. The molecule has 0 aliphatic carbocycles. The van der Waals surface area contributed by atoms with Crippen LogP contribution < -0.4 is 9.64 Å². The Balaban J connectivity index is 1.48. The Morgan fingerprint density at radius 1 is 1.00 bits per heavy atom. The quantitative estimate of drug-likeness (QED) is 0.863. The smallest absolute Gasteiger partial charge is 0.260 e. The van der Waals surface area contributed by atoms with Crippen molar-refractivity contribution in [2.24, 2.45) is 0 Å². The van der Waals surface area contributed by atoms with Crippen LogP contribution in [0.1, 0.15) is 0 Å². The van der Waals surface area contributed by atoms with E-state index in [9.17, 15) is 4.79 Å². The van der Waals surface area contributed by atoms with Gasteiger partial charge in [-0.1, -0.05) is 18.2 Å². The van der Waals surface area contributed by atoms with Gasteiger partial charge >= 0.3 is 0 Å². The van der Waals surface area contributed by atoms with Gasteiger partial charge in [-0.3, -0.25) is 9.78 Å². The summed E-state index contributed by atoms with van der Waals surface area (Å²) in [5.41, 5.74) is 1.16. The summed E-state index contributed by atoms with van der Waals surface area (Å²) in [6, 6.07) is 13.4. The third-order valence-electron chi connectivity index (χ3n) is 3.77. The normalized spacial score (nSPS) is 14.7. The molecule has 1 saturated heterocycles. The molecule has 0 atom stereocenters. The lowest BCUT2D eigenvalue weighted by molar-refractivity contribution is -0.133. The van der Waals surface area contributed by atoms with Crippen molar-refractivity contribution in [1.82, 2.24) is 9.88 Å². The molecule has 5 heteroatoms. The van der Waals surface area contributed by atoms with Gasteiger partial charge in [-0.05, 0) is 24.3 Å². The standard InChI is InChI=1S/C17H19N3O2/c21-17(14-22-16-4-2-1-3-5-16)20-12-10-19(11-13-20)15-6-8-18-9-7-15/h1-9H,10-14H2. The molecule has 5 nitrogen and oxygen atoms in total. The third-order valence-corrected chi connectivity index (χ3v) is 3.77. The molecule has 22 heavy (non-hydrogen) atoms. The number of ether oxygens (including phenoxy) is 1. The maximum atomic E-state index is 12.2. The first kappa shape index (κ1) is 14.4. The molecular formula is C17H19N3O2. The number of aromatic nitrogens is 1. The minimum absolute atomic E-state index is 0.0400. The molecule has 0 saturated carbocycles. The first-order chi connectivity index (χ1) is 10.8. The molecule has 0 bridgehead atoms. The second kappa shape index (κ2) is 6.93. The highest BCUT2D eigenvalue weighted by Crippen LogP contribution is 2.15. The molecule has 1 amide bonds. The highest BCUT2D eigenvalue weighted by atomic mass is 16.5. The number of amides is 1. The lowest BCUT2D eigenvalue weighted by Crippen LogP contribution is -2.50. The van der Waals surface area contributed by atoms with E-state index in [-0.39, 0.29) is 12.5 Å². The average molecular weight is 297 g/mol. The summed E-state index contributed by atoms with van der Waals surface area (Å²) in [5.74, 6) is 0.768. The highest BCUT2D eigenvalue weighted by molar-refractivity contribution is 5.78. The van der Waals surface area contributed by atoms with Crippen LogP contribution in [0, 0.1) is 0 Å². The third kappa shape index (κ3) is 3.55. The lowest BCUT2D eigenvalue weighted by Gasteiger charge is -2.36. The molecule has 1 aliphatic heterocycles. The summed E-state index contributed by atoms with van der Waals surface area (Å²) >= 11 is 0. The van der Waals surface area contributed by atoms with E-state index in [0.717, 1.165) is 37.6 Å². The molecule has 1 aromatic carbocycles. The largest absolute Gasteiger partial charge is 0.484 e. The predicted octanol–water partition coefficient (Wildman–Crippen LogP) is 1.81. The van der Waals surface area contributed by atoms with Gasteiger partial charge in [-0.2, -0.15) is 0 Å². The van der Waals surface area contributed by atoms with Crippen LogP contribution in [0.2, 0.25) is 0 Å². The number of carbonyl (C=O) groups excluding carboxylic acids is 1. The number of benzene rings is 1. The fourth-order valence-corrected chi connectivity index (χ4v) is 2.52. The van der Waals surface area contributed by atoms with Crippen molar-refractivity contribution >= 4 is 11.6 Å².